The summed E-state index contributed by atoms with van der Waals surface area (Å²) in [6, 6.07) is 11.4. The van der Waals surface area contributed by atoms with Crippen LogP contribution in [0.25, 0.3) is 0 Å². The molecule has 1 unspecified atom stereocenters. The van der Waals surface area contributed by atoms with E-state index in [0.29, 0.717) is 92.2 Å². The number of H-pyrrole nitrogens is 2. The van der Waals surface area contributed by atoms with Crippen molar-refractivity contribution in [3.63, 3.8) is 0 Å². The molecule has 6 rings (SSSR count). The molecular formula is C30H39Cl3N14O2. The van der Waals surface area contributed by atoms with E-state index in [1.54, 1.807) is 34.1 Å². The minimum absolute atomic E-state index is 0.0657. The van der Waals surface area contributed by atoms with Crippen LogP contribution in [0.4, 0.5) is 23.8 Å². The van der Waals surface area contributed by atoms with Gasteiger partial charge in [-0.3, -0.25) is 9.59 Å². The van der Waals surface area contributed by atoms with Gasteiger partial charge >= 0.3 is 0 Å². The van der Waals surface area contributed by atoms with E-state index < -0.39 is 12.1 Å². The first-order valence-corrected chi connectivity index (χ1v) is 16.7. The summed E-state index contributed by atoms with van der Waals surface area (Å²) in [7, 11) is 0. The van der Waals surface area contributed by atoms with Gasteiger partial charge in [-0.25, -0.2) is 10.2 Å². The number of nitrogens with two attached hydrogens (primary N) is 4. The monoisotopic (exact) mass is 732 g/mol. The maximum absolute atomic E-state index is 12.6. The number of anilines is 4. The smallest absolute Gasteiger partial charge is 0.246 e. The van der Waals surface area contributed by atoms with E-state index in [9.17, 15) is 9.59 Å². The molecule has 2 aromatic carbocycles. The zero-order chi connectivity index (χ0) is 35.1. The van der Waals surface area contributed by atoms with E-state index in [-0.39, 0.29) is 23.7 Å². The standard InChI is InChI=1S/C15H19Cl2N7O.C15H20ClN7O/c16-10-2-1-9(11(17)8-10)7-12(18)13(25)23-3-5-24(6-4-23)15-20-14(19)21-22-15;16-11-4-2-1-3-10(11)9-12(17)13(24)22-5-7-23(8-6-22)15-19-14(18)20-21-15/h1-2,8,12H,3-7,18H2,(H3,19,20,21,22);1-4,12H,5-9,17H2,(H3,18,19,20,21)/t;12-/m.0/s1. The molecule has 19 heteroatoms. The minimum Gasteiger partial charge on any atom is -0.368 e. The molecule has 2 amide bonds. The number of hydrogen-bond acceptors (Lipinski definition) is 12. The largest absolute Gasteiger partial charge is 0.368 e. The molecule has 2 aromatic heterocycles. The summed E-state index contributed by atoms with van der Waals surface area (Å²) in [6.45, 7) is 4.77. The second-order valence-corrected chi connectivity index (χ2v) is 12.9. The zero-order valence-corrected chi connectivity index (χ0v) is 28.9. The minimum atomic E-state index is -0.649. The molecule has 0 saturated carbocycles. The molecule has 49 heavy (non-hydrogen) atoms. The van der Waals surface area contributed by atoms with E-state index in [2.05, 4.69) is 30.4 Å². The number of nitrogen functional groups attached to an aromatic ring is 2. The Labute approximate surface area is 298 Å². The number of nitrogens with zero attached hydrogens (tertiary/aromatic N) is 8. The van der Waals surface area contributed by atoms with Gasteiger partial charge in [-0.2, -0.15) is 9.97 Å². The summed E-state index contributed by atoms with van der Waals surface area (Å²) in [5.41, 5.74) is 25.0. The zero-order valence-electron chi connectivity index (χ0n) is 26.6. The van der Waals surface area contributed by atoms with Crippen molar-refractivity contribution in [2.75, 3.05) is 73.6 Å². The highest BCUT2D eigenvalue weighted by molar-refractivity contribution is 6.35. The SMILES string of the molecule is Nc1nc(N2CCN(C(=O)C(N)Cc3ccc(Cl)cc3Cl)CC2)n[nH]1.Nc1nc(N2CCN(C(=O)[C@@H](N)Cc3ccccc3Cl)CC2)n[nH]1. The second kappa shape index (κ2) is 16.4. The van der Waals surface area contributed by atoms with Crippen molar-refractivity contribution in [2.24, 2.45) is 11.5 Å². The molecule has 0 radical (unpaired) electrons. The lowest BCUT2D eigenvalue weighted by atomic mass is 10.1. The Morgan fingerprint density at radius 1 is 0.673 bits per heavy atom. The van der Waals surface area contributed by atoms with Gasteiger partial charge in [0.2, 0.25) is 35.6 Å². The highest BCUT2D eigenvalue weighted by Crippen LogP contribution is 2.23. The summed E-state index contributed by atoms with van der Waals surface area (Å²) >= 11 is 18.2. The summed E-state index contributed by atoms with van der Waals surface area (Å²) in [4.78, 5) is 40.8. The molecule has 0 aliphatic carbocycles. The molecule has 16 nitrogen and oxygen atoms in total. The lowest BCUT2D eigenvalue weighted by Crippen LogP contribution is -2.54. The number of aromatic amines is 2. The van der Waals surface area contributed by atoms with E-state index in [4.69, 9.17) is 57.7 Å². The van der Waals surface area contributed by atoms with Crippen LogP contribution in [0.15, 0.2) is 42.5 Å². The van der Waals surface area contributed by atoms with Crippen molar-refractivity contribution in [2.45, 2.75) is 24.9 Å². The van der Waals surface area contributed by atoms with Crippen molar-refractivity contribution in [3.05, 3.63) is 68.7 Å². The topological polar surface area (TPSA) is 234 Å². The van der Waals surface area contributed by atoms with E-state index in [1.807, 2.05) is 28.0 Å². The van der Waals surface area contributed by atoms with E-state index in [0.717, 1.165) is 11.1 Å². The number of carbonyl (C=O) groups is 2. The Hall–Kier alpha value is -4.35. The van der Waals surface area contributed by atoms with Crippen LogP contribution in [0.2, 0.25) is 15.1 Å². The first kappa shape index (κ1) is 35.9. The molecule has 0 spiro atoms. The van der Waals surface area contributed by atoms with Gasteiger partial charge in [-0.1, -0.05) is 59.1 Å². The average molecular weight is 734 g/mol. The van der Waals surface area contributed by atoms with Crippen molar-refractivity contribution >= 4 is 70.4 Å². The number of piperazine rings is 2. The van der Waals surface area contributed by atoms with Crippen LogP contribution >= 0.6 is 34.8 Å². The molecular weight excluding hydrogens is 695 g/mol. The average Bonchev–Trinajstić information content (AvgIpc) is 3.74. The third-order valence-electron chi connectivity index (χ3n) is 8.22. The Morgan fingerprint density at radius 3 is 1.53 bits per heavy atom. The fraction of sp³-hybridized carbons (Fsp3) is 0.400. The van der Waals surface area contributed by atoms with Gasteiger partial charge < -0.3 is 42.5 Å². The van der Waals surface area contributed by atoms with Crippen molar-refractivity contribution in [3.8, 4) is 0 Å². The predicted molar refractivity (Wildman–Crippen MR) is 190 cm³/mol. The van der Waals surface area contributed by atoms with Crippen LogP contribution in [0.3, 0.4) is 0 Å². The van der Waals surface area contributed by atoms with Crippen LogP contribution < -0.4 is 32.7 Å². The Bertz CT molecular complexity index is 1720. The quantitative estimate of drug-likeness (QED) is 0.150. The van der Waals surface area contributed by atoms with Crippen molar-refractivity contribution in [1.29, 1.82) is 0 Å². The maximum Gasteiger partial charge on any atom is 0.246 e. The second-order valence-electron chi connectivity index (χ2n) is 11.6. The first-order chi connectivity index (χ1) is 23.5. The molecule has 4 heterocycles. The van der Waals surface area contributed by atoms with Crippen molar-refractivity contribution in [1.82, 2.24) is 40.2 Å². The molecule has 262 valence electrons. The summed E-state index contributed by atoms with van der Waals surface area (Å²) in [5, 5.41) is 15.0. The van der Waals surface area contributed by atoms with Gasteiger partial charge in [0.1, 0.15) is 0 Å². The lowest BCUT2D eigenvalue weighted by Gasteiger charge is -2.35. The number of nitrogens with one attached hydrogen (secondary N) is 2. The molecule has 4 aromatic rings. The van der Waals surface area contributed by atoms with Gasteiger partial charge in [0.25, 0.3) is 0 Å². The van der Waals surface area contributed by atoms with Gasteiger partial charge in [0.05, 0.1) is 12.1 Å². The number of benzene rings is 2. The maximum atomic E-state index is 12.6. The fourth-order valence-electron chi connectivity index (χ4n) is 5.54. The molecule has 0 bridgehead atoms. The predicted octanol–water partition coefficient (Wildman–Crippen LogP) is 1.17. The van der Waals surface area contributed by atoms with Crippen LogP contribution in [0.5, 0.6) is 0 Å². The fourth-order valence-corrected chi connectivity index (χ4v) is 6.23. The number of rotatable bonds is 8. The van der Waals surface area contributed by atoms with Crippen LogP contribution in [0, 0.1) is 0 Å². The first-order valence-electron chi connectivity index (χ1n) is 15.6. The Balaban J connectivity index is 0.000000191. The number of hydrogen-bond donors (Lipinski definition) is 6. The normalized spacial score (nSPS) is 16.2. The number of amides is 2. The van der Waals surface area contributed by atoms with Gasteiger partial charge in [0.15, 0.2) is 0 Å². The number of carbonyl (C=O) groups excluding carboxylic acids is 2. The molecule has 2 aliphatic heterocycles. The Kier molecular flexibility index (Phi) is 12.0. The number of aromatic nitrogens is 6. The van der Waals surface area contributed by atoms with Crippen LogP contribution in [0.1, 0.15) is 11.1 Å². The third-order valence-corrected chi connectivity index (χ3v) is 9.17. The summed E-state index contributed by atoms with van der Waals surface area (Å²) in [5.74, 6) is 1.49. The Morgan fingerprint density at radius 2 is 1.12 bits per heavy atom. The molecule has 2 fully saturated rings. The van der Waals surface area contributed by atoms with Gasteiger partial charge in [-0.05, 0) is 42.2 Å². The lowest BCUT2D eigenvalue weighted by molar-refractivity contribution is -0.133. The third kappa shape index (κ3) is 9.42. The highest BCUT2D eigenvalue weighted by Gasteiger charge is 2.28. The molecule has 2 atom stereocenters. The summed E-state index contributed by atoms with van der Waals surface area (Å²) in [6.07, 6.45) is 0.794. The highest BCUT2D eigenvalue weighted by atomic mass is 35.5. The van der Waals surface area contributed by atoms with Gasteiger partial charge in [-0.15, -0.1) is 10.2 Å². The summed E-state index contributed by atoms with van der Waals surface area (Å²) < 4.78 is 0. The van der Waals surface area contributed by atoms with E-state index in [1.165, 1.54) is 0 Å². The van der Waals surface area contributed by atoms with Gasteiger partial charge in [0, 0.05) is 67.4 Å². The molecule has 10 N–H and O–H groups in total. The van der Waals surface area contributed by atoms with Crippen LogP contribution in [-0.4, -0.2) is 116 Å². The van der Waals surface area contributed by atoms with E-state index >= 15 is 0 Å². The van der Waals surface area contributed by atoms with Crippen molar-refractivity contribution < 1.29 is 9.59 Å². The van der Waals surface area contributed by atoms with Crippen LogP contribution in [-0.2, 0) is 22.4 Å². The molecule has 2 aliphatic rings. The molecule has 2 saturated heterocycles. The number of halogens is 3.